The zero-order chi connectivity index (χ0) is 11.1. The average molecular weight is 231 g/mol. The van der Waals surface area contributed by atoms with Crippen molar-refractivity contribution >= 4 is 9.84 Å². The van der Waals surface area contributed by atoms with Crippen LogP contribution in [0.3, 0.4) is 0 Å². The van der Waals surface area contributed by atoms with Gasteiger partial charge in [-0.2, -0.15) is 0 Å². The van der Waals surface area contributed by atoms with Crippen LogP contribution in [0.25, 0.3) is 0 Å². The van der Waals surface area contributed by atoms with Gasteiger partial charge in [-0.15, -0.1) is 5.10 Å². The zero-order valence-electron chi connectivity index (χ0n) is 8.37. The van der Waals surface area contributed by atoms with Crippen molar-refractivity contribution in [3.05, 3.63) is 11.9 Å². The smallest absolute Gasteiger partial charge is 0.152 e. The molecule has 1 aliphatic heterocycles. The van der Waals surface area contributed by atoms with Crippen molar-refractivity contribution in [2.75, 3.05) is 11.5 Å². The molecule has 15 heavy (non-hydrogen) atoms. The number of aliphatic hydroxyl groups is 1. The summed E-state index contributed by atoms with van der Waals surface area (Å²) in [6.07, 6.45) is 1.51. The first-order valence-electron chi connectivity index (χ1n) is 4.78. The molecule has 1 aromatic heterocycles. The second kappa shape index (κ2) is 3.57. The minimum Gasteiger partial charge on any atom is -0.387 e. The number of sulfone groups is 1. The third kappa shape index (κ3) is 2.18. The Bertz CT molecular complexity index is 451. The fourth-order valence-electron chi connectivity index (χ4n) is 1.64. The van der Waals surface area contributed by atoms with E-state index in [1.54, 1.807) is 13.1 Å². The Morgan fingerprint density at radius 3 is 2.87 bits per heavy atom. The largest absolute Gasteiger partial charge is 0.387 e. The zero-order valence-corrected chi connectivity index (χ0v) is 9.18. The molecule has 2 unspecified atom stereocenters. The molecule has 0 spiro atoms. The van der Waals surface area contributed by atoms with Crippen LogP contribution in [0.1, 0.15) is 31.2 Å². The highest BCUT2D eigenvalue weighted by Crippen LogP contribution is 2.23. The maximum Gasteiger partial charge on any atom is 0.152 e. The predicted molar refractivity (Wildman–Crippen MR) is 53.0 cm³/mol. The molecule has 2 atom stereocenters. The lowest BCUT2D eigenvalue weighted by Crippen LogP contribution is -2.11. The highest BCUT2D eigenvalue weighted by Gasteiger charge is 2.30. The SMILES string of the molecule is CC(O)c1cn(C2CCS(=O)(=O)C2)nn1. The van der Waals surface area contributed by atoms with E-state index in [-0.39, 0.29) is 17.5 Å². The van der Waals surface area contributed by atoms with E-state index in [4.69, 9.17) is 0 Å². The first kappa shape index (κ1) is 10.6. The number of hydrogen-bond acceptors (Lipinski definition) is 5. The van der Waals surface area contributed by atoms with Gasteiger partial charge in [-0.3, -0.25) is 0 Å². The first-order chi connectivity index (χ1) is 6.98. The number of nitrogens with zero attached hydrogens (tertiary/aromatic N) is 3. The van der Waals surface area contributed by atoms with Crippen LogP contribution in [0.15, 0.2) is 6.20 Å². The molecule has 84 valence electrons. The highest BCUT2D eigenvalue weighted by atomic mass is 32.2. The van der Waals surface area contributed by atoms with Gasteiger partial charge in [-0.05, 0) is 13.3 Å². The van der Waals surface area contributed by atoms with Gasteiger partial charge in [0.25, 0.3) is 0 Å². The molecular formula is C8H13N3O3S. The molecule has 2 rings (SSSR count). The summed E-state index contributed by atoms with van der Waals surface area (Å²) in [5, 5.41) is 16.9. The van der Waals surface area contributed by atoms with Gasteiger partial charge in [0.05, 0.1) is 29.8 Å². The van der Waals surface area contributed by atoms with E-state index in [9.17, 15) is 13.5 Å². The van der Waals surface area contributed by atoms with E-state index < -0.39 is 15.9 Å². The summed E-state index contributed by atoms with van der Waals surface area (Å²) < 4.78 is 24.0. The average Bonchev–Trinajstić information content (AvgIpc) is 2.70. The molecule has 1 N–H and O–H groups in total. The molecule has 1 aliphatic rings. The molecule has 0 aromatic carbocycles. The summed E-state index contributed by atoms with van der Waals surface area (Å²) in [5.41, 5.74) is 0.472. The maximum atomic E-state index is 11.2. The second-order valence-corrected chi connectivity index (χ2v) is 6.08. The Balaban J connectivity index is 2.17. The van der Waals surface area contributed by atoms with E-state index in [0.717, 1.165) is 0 Å². The van der Waals surface area contributed by atoms with Gasteiger partial charge < -0.3 is 5.11 Å². The van der Waals surface area contributed by atoms with Crippen molar-refractivity contribution in [2.24, 2.45) is 0 Å². The number of aromatic nitrogens is 3. The molecule has 0 radical (unpaired) electrons. The van der Waals surface area contributed by atoms with Crippen LogP contribution in [-0.4, -0.2) is 40.0 Å². The van der Waals surface area contributed by atoms with Gasteiger partial charge in [-0.1, -0.05) is 5.21 Å². The summed E-state index contributed by atoms with van der Waals surface area (Å²) >= 11 is 0. The van der Waals surface area contributed by atoms with Gasteiger partial charge in [-0.25, -0.2) is 13.1 Å². The van der Waals surface area contributed by atoms with Crippen LogP contribution in [0.2, 0.25) is 0 Å². The van der Waals surface area contributed by atoms with Crippen molar-refractivity contribution in [1.29, 1.82) is 0 Å². The molecule has 7 heteroatoms. The molecular weight excluding hydrogens is 218 g/mol. The molecule has 0 bridgehead atoms. The Morgan fingerprint density at radius 1 is 1.67 bits per heavy atom. The van der Waals surface area contributed by atoms with Crippen molar-refractivity contribution < 1.29 is 13.5 Å². The number of rotatable bonds is 2. The van der Waals surface area contributed by atoms with Gasteiger partial charge >= 0.3 is 0 Å². The molecule has 1 fully saturated rings. The van der Waals surface area contributed by atoms with Gasteiger partial charge in [0.1, 0.15) is 5.69 Å². The Hall–Kier alpha value is -0.950. The number of aliphatic hydroxyl groups excluding tert-OH is 1. The molecule has 6 nitrogen and oxygen atoms in total. The lowest BCUT2D eigenvalue weighted by atomic mass is 10.2. The van der Waals surface area contributed by atoms with Crippen molar-refractivity contribution in [2.45, 2.75) is 25.5 Å². The normalized spacial score (nSPS) is 26.7. The van der Waals surface area contributed by atoms with Gasteiger partial charge in [0.2, 0.25) is 0 Å². The minimum atomic E-state index is -2.91. The lowest BCUT2D eigenvalue weighted by Gasteiger charge is -2.05. The van der Waals surface area contributed by atoms with E-state index in [2.05, 4.69) is 10.3 Å². The Kier molecular flexibility index (Phi) is 2.51. The molecule has 0 aliphatic carbocycles. The van der Waals surface area contributed by atoms with Gasteiger partial charge in [0.15, 0.2) is 9.84 Å². The van der Waals surface area contributed by atoms with Crippen molar-refractivity contribution in [3.63, 3.8) is 0 Å². The van der Waals surface area contributed by atoms with Crippen LogP contribution in [-0.2, 0) is 9.84 Å². The second-order valence-electron chi connectivity index (χ2n) is 3.86. The number of hydrogen-bond donors (Lipinski definition) is 1. The Labute approximate surface area is 87.8 Å². The third-order valence-electron chi connectivity index (χ3n) is 2.54. The van der Waals surface area contributed by atoms with E-state index in [1.807, 2.05) is 0 Å². The Morgan fingerprint density at radius 2 is 2.40 bits per heavy atom. The monoisotopic (exact) mass is 231 g/mol. The third-order valence-corrected chi connectivity index (χ3v) is 4.29. The standard InChI is InChI=1S/C8H13N3O3S/c1-6(12)8-4-11(10-9-8)7-2-3-15(13,14)5-7/h4,6-7,12H,2-3,5H2,1H3. The van der Waals surface area contributed by atoms with Crippen LogP contribution in [0, 0.1) is 0 Å². The van der Waals surface area contributed by atoms with Crippen LogP contribution < -0.4 is 0 Å². The molecule has 1 aromatic rings. The summed E-state index contributed by atoms with van der Waals surface area (Å²) in [4.78, 5) is 0. The quantitative estimate of drug-likeness (QED) is 0.754. The first-order valence-corrected chi connectivity index (χ1v) is 6.60. The summed E-state index contributed by atoms with van der Waals surface area (Å²) in [7, 11) is -2.91. The van der Waals surface area contributed by atoms with Gasteiger partial charge in [0, 0.05) is 0 Å². The fourth-order valence-corrected chi connectivity index (χ4v) is 3.35. The lowest BCUT2D eigenvalue weighted by molar-refractivity contribution is 0.194. The summed E-state index contributed by atoms with van der Waals surface area (Å²) in [6.45, 7) is 1.60. The van der Waals surface area contributed by atoms with Crippen molar-refractivity contribution in [1.82, 2.24) is 15.0 Å². The van der Waals surface area contributed by atoms with E-state index in [0.29, 0.717) is 12.1 Å². The fraction of sp³-hybridized carbons (Fsp3) is 0.750. The highest BCUT2D eigenvalue weighted by molar-refractivity contribution is 7.91. The van der Waals surface area contributed by atoms with Crippen molar-refractivity contribution in [3.8, 4) is 0 Å². The molecule has 0 amide bonds. The van der Waals surface area contributed by atoms with E-state index in [1.165, 1.54) is 4.68 Å². The molecule has 0 saturated carbocycles. The minimum absolute atomic E-state index is 0.121. The van der Waals surface area contributed by atoms with Crippen LogP contribution >= 0.6 is 0 Å². The van der Waals surface area contributed by atoms with E-state index >= 15 is 0 Å². The van der Waals surface area contributed by atoms with Crippen LogP contribution in [0.5, 0.6) is 0 Å². The predicted octanol–water partition coefficient (Wildman–Crippen LogP) is -0.309. The van der Waals surface area contributed by atoms with Crippen LogP contribution in [0.4, 0.5) is 0 Å². The molecule has 1 saturated heterocycles. The summed E-state index contributed by atoms with van der Waals surface area (Å²) in [6, 6.07) is -0.130. The maximum absolute atomic E-state index is 11.2. The summed E-state index contributed by atoms with van der Waals surface area (Å²) in [5.74, 6) is 0.331. The topological polar surface area (TPSA) is 85.1 Å². The molecule has 2 heterocycles.